The van der Waals surface area contributed by atoms with Gasteiger partial charge in [0.25, 0.3) is 18.2 Å². The molecule has 0 aliphatic carbocycles. The van der Waals surface area contributed by atoms with Crippen LogP contribution < -0.4 is 0 Å². The fourth-order valence-electron chi connectivity index (χ4n) is 2.47. The zero-order valence-electron chi connectivity index (χ0n) is 16.6. The maximum absolute atomic E-state index is 12.4. The van der Waals surface area contributed by atoms with Crippen LogP contribution in [0.3, 0.4) is 0 Å². The van der Waals surface area contributed by atoms with Crippen LogP contribution in [-0.2, 0) is 38.4 Å². The summed E-state index contributed by atoms with van der Waals surface area (Å²) >= 11 is 0. The molecule has 0 aromatic heterocycles. The topological polar surface area (TPSA) is 146 Å². The molecule has 0 amide bonds. The molecule has 0 saturated heterocycles. The number of phenols is 1. The number of carbonyl (C=O) groups excluding carboxylic acids is 4. The summed E-state index contributed by atoms with van der Waals surface area (Å²) in [5, 5.41) is 19.2. The van der Waals surface area contributed by atoms with Crippen LogP contribution in [0.4, 0.5) is 0 Å². The minimum Gasteiger partial charge on any atom is -0.508 e. The highest BCUT2D eigenvalue weighted by molar-refractivity contribution is 6.65. The maximum atomic E-state index is 12.4. The summed E-state index contributed by atoms with van der Waals surface area (Å²) in [5.41, 5.74) is 0.470. The Morgan fingerprint density at radius 2 is 1.42 bits per heavy atom. The van der Waals surface area contributed by atoms with Gasteiger partial charge in [-0.25, -0.2) is 9.59 Å². The van der Waals surface area contributed by atoms with Crippen molar-refractivity contribution in [3.8, 4) is 5.75 Å². The zero-order chi connectivity index (χ0) is 23.0. The van der Waals surface area contributed by atoms with E-state index >= 15 is 0 Å². The van der Waals surface area contributed by atoms with E-state index in [1.807, 2.05) is 0 Å². The smallest absolute Gasteiger partial charge is 0.508 e. The number of phenolic OH excluding ortho intramolecular Hbond substituents is 1. The van der Waals surface area contributed by atoms with Crippen LogP contribution in [-0.4, -0.2) is 49.2 Å². The number of hydrogen-bond donors (Lipinski definition) is 2. The molecule has 0 saturated carbocycles. The van der Waals surface area contributed by atoms with Gasteiger partial charge >= 0.3 is 20.7 Å². The fourth-order valence-corrected chi connectivity index (χ4v) is 4.83. The lowest BCUT2D eigenvalue weighted by Crippen LogP contribution is -2.53. The normalized spacial score (nSPS) is 11.7. The predicted molar refractivity (Wildman–Crippen MR) is 105 cm³/mol. The van der Waals surface area contributed by atoms with Crippen LogP contribution in [0.1, 0.15) is 29.8 Å². The average molecular weight is 448 g/mol. The summed E-state index contributed by atoms with van der Waals surface area (Å²) in [6, 6.07) is 12.9. The van der Waals surface area contributed by atoms with E-state index in [1.165, 1.54) is 24.3 Å². The highest BCUT2D eigenvalue weighted by Gasteiger charge is 2.53. The lowest BCUT2D eigenvalue weighted by atomic mass is 10.2. The number of ether oxygens (including phenoxy) is 1. The van der Waals surface area contributed by atoms with E-state index in [0.29, 0.717) is 5.56 Å². The van der Waals surface area contributed by atoms with Gasteiger partial charge in [0.15, 0.2) is 0 Å². The summed E-state index contributed by atoms with van der Waals surface area (Å²) in [6.07, 6.45) is -2.39. The molecule has 0 aliphatic heterocycles. The molecule has 164 valence electrons. The standard InChI is InChI=1S/C20H20O10Si/c1-13(21)28-31(29-14(2)22,12-15-6-4-3-5-7-15)30-20(26)19(25)27-18(24)16-8-10-17(23)11-9-16/h3-11,19,23,25H,12H2,1-2H3. The van der Waals surface area contributed by atoms with Gasteiger partial charge in [0.05, 0.1) is 11.6 Å². The van der Waals surface area contributed by atoms with E-state index in [4.69, 9.17) is 13.3 Å². The monoisotopic (exact) mass is 448 g/mol. The SMILES string of the molecule is CC(=O)O[Si](Cc1ccccc1)(OC(C)=O)OC(=O)C(O)OC(=O)c1ccc(O)cc1. The van der Waals surface area contributed by atoms with Crippen LogP contribution >= 0.6 is 0 Å². The van der Waals surface area contributed by atoms with Crippen molar-refractivity contribution >= 4 is 32.7 Å². The molecule has 2 aromatic carbocycles. The zero-order valence-corrected chi connectivity index (χ0v) is 17.6. The van der Waals surface area contributed by atoms with Gasteiger partial charge in [0.2, 0.25) is 0 Å². The molecular formula is C20H20O10Si. The number of rotatable bonds is 8. The third kappa shape index (κ3) is 7.24. The van der Waals surface area contributed by atoms with Crippen molar-refractivity contribution in [2.24, 2.45) is 0 Å². The van der Waals surface area contributed by atoms with Crippen molar-refractivity contribution in [1.29, 1.82) is 0 Å². The summed E-state index contributed by atoms with van der Waals surface area (Å²) in [4.78, 5) is 47.7. The van der Waals surface area contributed by atoms with E-state index in [1.54, 1.807) is 30.3 Å². The minimum absolute atomic E-state index is 0.0579. The molecule has 1 atom stereocenters. The van der Waals surface area contributed by atoms with Crippen molar-refractivity contribution in [2.45, 2.75) is 26.2 Å². The van der Waals surface area contributed by atoms with Gasteiger partial charge in [-0.1, -0.05) is 30.3 Å². The highest BCUT2D eigenvalue weighted by Crippen LogP contribution is 2.20. The molecule has 31 heavy (non-hydrogen) atoms. The van der Waals surface area contributed by atoms with E-state index in [9.17, 15) is 29.4 Å². The number of benzene rings is 2. The summed E-state index contributed by atoms with van der Waals surface area (Å²) in [6.45, 7) is 2.07. The highest BCUT2D eigenvalue weighted by atomic mass is 28.4. The number of aliphatic hydroxyl groups is 1. The second-order valence-electron chi connectivity index (χ2n) is 6.26. The molecule has 0 bridgehead atoms. The lowest BCUT2D eigenvalue weighted by molar-refractivity contribution is -0.170. The molecule has 0 radical (unpaired) electrons. The lowest BCUT2D eigenvalue weighted by Gasteiger charge is -2.27. The predicted octanol–water partition coefficient (Wildman–Crippen LogP) is 1.26. The minimum atomic E-state index is -4.36. The molecule has 1 unspecified atom stereocenters. The van der Waals surface area contributed by atoms with E-state index in [0.717, 1.165) is 13.8 Å². The first kappa shape index (κ1) is 23.6. The van der Waals surface area contributed by atoms with Gasteiger partial charge in [-0.15, -0.1) is 0 Å². The van der Waals surface area contributed by atoms with Crippen molar-refractivity contribution in [2.75, 3.05) is 0 Å². The van der Waals surface area contributed by atoms with Crippen LogP contribution in [0.25, 0.3) is 0 Å². The van der Waals surface area contributed by atoms with Crippen LogP contribution in [0, 0.1) is 0 Å². The third-order valence-electron chi connectivity index (χ3n) is 3.64. The molecule has 0 spiro atoms. The van der Waals surface area contributed by atoms with E-state index in [2.05, 4.69) is 4.74 Å². The second-order valence-corrected chi connectivity index (χ2v) is 8.59. The molecule has 2 N–H and O–H groups in total. The Balaban J connectivity index is 2.21. The Hall–Kier alpha value is -3.70. The quantitative estimate of drug-likeness (QED) is 0.344. The van der Waals surface area contributed by atoms with Crippen molar-refractivity contribution in [3.63, 3.8) is 0 Å². The van der Waals surface area contributed by atoms with Gasteiger partial charge in [-0.3, -0.25) is 9.59 Å². The number of carbonyl (C=O) groups is 4. The largest absolute Gasteiger partial charge is 0.709 e. The van der Waals surface area contributed by atoms with E-state index in [-0.39, 0.29) is 17.4 Å². The molecule has 2 aromatic rings. The fraction of sp³-hybridized carbons (Fsp3) is 0.200. The molecule has 11 heteroatoms. The van der Waals surface area contributed by atoms with Crippen molar-refractivity contribution < 1.29 is 47.4 Å². The summed E-state index contributed by atoms with van der Waals surface area (Å²) < 4.78 is 20.0. The number of aromatic hydroxyl groups is 1. The van der Waals surface area contributed by atoms with Crippen molar-refractivity contribution in [3.05, 3.63) is 65.7 Å². The van der Waals surface area contributed by atoms with Gasteiger partial charge in [0.1, 0.15) is 5.75 Å². The molecule has 10 nitrogen and oxygen atoms in total. The van der Waals surface area contributed by atoms with Gasteiger partial charge in [-0.2, -0.15) is 0 Å². The molecule has 0 fully saturated rings. The van der Waals surface area contributed by atoms with Gasteiger partial charge in [0, 0.05) is 13.8 Å². The number of esters is 1. The Kier molecular flexibility index (Phi) is 7.88. The van der Waals surface area contributed by atoms with Crippen molar-refractivity contribution in [1.82, 2.24) is 0 Å². The van der Waals surface area contributed by atoms with Crippen LogP contribution in [0.5, 0.6) is 5.75 Å². The molecule has 2 rings (SSSR count). The van der Waals surface area contributed by atoms with Gasteiger partial charge < -0.3 is 28.2 Å². The average Bonchev–Trinajstić information content (AvgIpc) is 2.67. The number of hydrogen-bond acceptors (Lipinski definition) is 10. The first-order valence-corrected chi connectivity index (χ1v) is 10.9. The maximum Gasteiger partial charge on any atom is 0.709 e. The molecule has 0 aliphatic rings. The Bertz CT molecular complexity index is 926. The number of aliphatic hydroxyl groups excluding tert-OH is 1. The first-order valence-electron chi connectivity index (χ1n) is 8.94. The van der Waals surface area contributed by atoms with Crippen LogP contribution in [0.15, 0.2) is 54.6 Å². The Labute approximate surface area is 178 Å². The second kappa shape index (κ2) is 10.4. The Morgan fingerprint density at radius 3 is 1.94 bits per heavy atom. The van der Waals surface area contributed by atoms with E-state index < -0.39 is 39.0 Å². The Morgan fingerprint density at radius 1 is 0.871 bits per heavy atom. The third-order valence-corrected chi connectivity index (χ3v) is 6.19. The summed E-state index contributed by atoms with van der Waals surface area (Å²) in [5.74, 6) is -4.44. The summed E-state index contributed by atoms with van der Waals surface area (Å²) in [7, 11) is -4.36. The molecule has 0 heterocycles. The molecular weight excluding hydrogens is 428 g/mol. The first-order chi connectivity index (χ1) is 14.6. The van der Waals surface area contributed by atoms with Gasteiger partial charge in [-0.05, 0) is 29.8 Å². The van der Waals surface area contributed by atoms with Crippen LogP contribution in [0.2, 0.25) is 0 Å².